The summed E-state index contributed by atoms with van der Waals surface area (Å²) in [5, 5.41) is 13.0. The van der Waals surface area contributed by atoms with Crippen molar-refractivity contribution in [1.82, 2.24) is 4.90 Å². The van der Waals surface area contributed by atoms with Crippen LogP contribution in [0.5, 0.6) is 0 Å². The van der Waals surface area contributed by atoms with Gasteiger partial charge < -0.3 is 15.1 Å². The summed E-state index contributed by atoms with van der Waals surface area (Å²) in [6.45, 7) is 1.65. The van der Waals surface area contributed by atoms with Crippen LogP contribution in [0.4, 0.5) is 0 Å². The monoisotopic (exact) mass is 174 g/mol. The van der Waals surface area contributed by atoms with E-state index in [0.717, 1.165) is 0 Å². The molecule has 0 aromatic rings. The molecule has 5 heteroatoms. The van der Waals surface area contributed by atoms with Crippen LogP contribution in [0, 0.1) is 0 Å². The van der Waals surface area contributed by atoms with Gasteiger partial charge in [-0.1, -0.05) is 0 Å². The molecule has 68 valence electrons. The van der Waals surface area contributed by atoms with Crippen LogP contribution in [0.3, 0.4) is 0 Å². The summed E-state index contributed by atoms with van der Waals surface area (Å²) in [5.74, 6) is -1.42. The Kier molecular flexibility index (Phi) is 1.95. The van der Waals surface area contributed by atoms with E-state index in [4.69, 9.17) is 6.54 Å². The second kappa shape index (κ2) is 3.10. The highest BCUT2D eigenvalue weighted by Crippen LogP contribution is 2.17. The van der Waals surface area contributed by atoms with Gasteiger partial charge in [0.25, 0.3) is 0 Å². The van der Waals surface area contributed by atoms with Gasteiger partial charge >= 0.3 is 5.97 Å². The van der Waals surface area contributed by atoms with E-state index < -0.39 is 18.1 Å². The summed E-state index contributed by atoms with van der Waals surface area (Å²) >= 11 is 0. The number of carboxylic acid groups (broad SMARTS) is 1. The lowest BCUT2D eigenvalue weighted by Crippen LogP contribution is -2.44. The standard InChI is InChI=1S/C7H11NO4/c1-4(9)8-3-2-5(10)6(8)7(11)12/h5-6,10H,2-3H2,1H3,(H,11,12)/t5-,6+/m1/s1/i10D. The minimum atomic E-state index is -1.12. The SMILES string of the molecule is [2H]O[C@@H]1CCN(C(C)=O)[C@@H]1C(=O)O. The predicted octanol–water partition coefficient (Wildman–Crippen LogP) is -0.947. The summed E-state index contributed by atoms with van der Waals surface area (Å²) in [6.07, 6.45) is -0.304. The number of likely N-dealkylation sites (tertiary alicyclic amines) is 1. The van der Waals surface area contributed by atoms with E-state index >= 15 is 0 Å². The van der Waals surface area contributed by atoms with Crippen molar-refractivity contribution in [3.05, 3.63) is 0 Å². The van der Waals surface area contributed by atoms with Crippen LogP contribution in [-0.2, 0) is 9.59 Å². The van der Waals surface area contributed by atoms with Crippen molar-refractivity contribution in [2.45, 2.75) is 25.5 Å². The zero-order valence-corrected chi connectivity index (χ0v) is 6.69. The number of hydrogen-bond acceptors (Lipinski definition) is 3. The fourth-order valence-corrected chi connectivity index (χ4v) is 1.41. The number of carboxylic acids is 1. The molecule has 0 spiro atoms. The first kappa shape index (κ1) is 7.54. The molecule has 0 unspecified atom stereocenters. The molecule has 12 heavy (non-hydrogen) atoms. The number of carbonyl (C=O) groups is 2. The van der Waals surface area contributed by atoms with Crippen LogP contribution < -0.4 is 0 Å². The van der Waals surface area contributed by atoms with Crippen molar-refractivity contribution in [2.75, 3.05) is 6.54 Å². The van der Waals surface area contributed by atoms with Crippen molar-refractivity contribution in [3.8, 4) is 0 Å². The Balaban J connectivity index is 2.78. The maximum Gasteiger partial charge on any atom is 0.329 e. The quantitative estimate of drug-likeness (QED) is 0.566. The average Bonchev–Trinajstić information content (AvgIpc) is 2.46. The molecule has 0 saturated carbocycles. The van der Waals surface area contributed by atoms with E-state index in [0.29, 0.717) is 13.0 Å². The van der Waals surface area contributed by atoms with Gasteiger partial charge in [-0.15, -0.1) is 0 Å². The number of hydrogen-bond donors (Lipinski definition) is 2. The second-order valence-corrected chi connectivity index (χ2v) is 2.82. The van der Waals surface area contributed by atoms with Gasteiger partial charge in [0.1, 0.15) is 0 Å². The second-order valence-electron chi connectivity index (χ2n) is 2.82. The largest absolute Gasteiger partial charge is 0.480 e. The van der Waals surface area contributed by atoms with Crippen molar-refractivity contribution in [1.29, 1.82) is 1.43 Å². The Morgan fingerprint density at radius 2 is 2.33 bits per heavy atom. The molecule has 1 aliphatic heterocycles. The Morgan fingerprint density at radius 3 is 2.75 bits per heavy atom. The maximum absolute atomic E-state index is 11.0. The van der Waals surface area contributed by atoms with Crippen LogP contribution in [0.1, 0.15) is 13.3 Å². The normalized spacial score (nSPS) is 30.1. The highest BCUT2D eigenvalue weighted by atomic mass is 16.4. The molecular formula is C7H11NO4. The van der Waals surface area contributed by atoms with Gasteiger partial charge in [0.05, 0.1) is 6.10 Å². The van der Waals surface area contributed by atoms with Crippen molar-refractivity contribution >= 4 is 11.9 Å². The molecule has 1 aliphatic rings. The first-order valence-electron chi connectivity index (χ1n) is 4.10. The number of carbonyl (C=O) groups excluding carboxylic acids is 1. The predicted molar refractivity (Wildman–Crippen MR) is 39.4 cm³/mol. The van der Waals surface area contributed by atoms with Crippen LogP contribution in [0.25, 0.3) is 0 Å². The summed E-state index contributed by atoms with van der Waals surface area (Å²) in [7, 11) is 0. The molecule has 1 saturated heterocycles. The third-order valence-electron chi connectivity index (χ3n) is 2.00. The van der Waals surface area contributed by atoms with E-state index in [9.17, 15) is 9.59 Å². The molecule has 0 bridgehead atoms. The number of rotatable bonds is 2. The fraction of sp³-hybridized carbons (Fsp3) is 0.714. The van der Waals surface area contributed by atoms with Crippen LogP contribution >= 0.6 is 0 Å². The van der Waals surface area contributed by atoms with Gasteiger partial charge in [0.2, 0.25) is 7.34 Å². The van der Waals surface area contributed by atoms with Crippen LogP contribution in [0.15, 0.2) is 0 Å². The van der Waals surface area contributed by atoms with Crippen LogP contribution in [-0.4, -0.2) is 47.1 Å². The Morgan fingerprint density at radius 1 is 1.67 bits per heavy atom. The Bertz CT molecular complexity index is 233. The molecule has 5 nitrogen and oxygen atoms in total. The zero-order chi connectivity index (χ0) is 10.0. The fourth-order valence-electron chi connectivity index (χ4n) is 1.41. The van der Waals surface area contributed by atoms with Gasteiger partial charge in [-0.05, 0) is 6.42 Å². The molecule has 0 aromatic heterocycles. The van der Waals surface area contributed by atoms with E-state index in [2.05, 4.69) is 5.11 Å². The third-order valence-corrected chi connectivity index (χ3v) is 2.00. The van der Waals surface area contributed by atoms with Gasteiger partial charge in [0, 0.05) is 13.5 Å². The van der Waals surface area contributed by atoms with Crippen molar-refractivity contribution < 1.29 is 19.8 Å². The van der Waals surface area contributed by atoms with E-state index in [1.807, 2.05) is 0 Å². The Labute approximate surface area is 71.1 Å². The van der Waals surface area contributed by atoms with Crippen molar-refractivity contribution in [3.63, 3.8) is 0 Å². The molecule has 2 atom stereocenters. The highest BCUT2D eigenvalue weighted by Gasteiger charge is 2.39. The van der Waals surface area contributed by atoms with E-state index in [1.165, 1.54) is 11.8 Å². The number of aliphatic hydroxyl groups excluding tert-OH is 1. The number of nitrogens with zero attached hydrogens (tertiary/aromatic N) is 1. The molecule has 1 fully saturated rings. The van der Waals surface area contributed by atoms with Crippen molar-refractivity contribution in [2.24, 2.45) is 0 Å². The molecule has 1 rings (SSSR count). The number of amides is 1. The van der Waals surface area contributed by atoms with E-state index in [-0.39, 0.29) is 5.91 Å². The average molecular weight is 174 g/mol. The molecule has 0 radical (unpaired) electrons. The maximum atomic E-state index is 11.0. The Hall–Kier alpha value is -1.10. The smallest absolute Gasteiger partial charge is 0.329 e. The van der Waals surface area contributed by atoms with Gasteiger partial charge in [-0.2, -0.15) is 0 Å². The lowest BCUT2D eigenvalue weighted by atomic mass is 10.2. The van der Waals surface area contributed by atoms with Gasteiger partial charge in [-0.25, -0.2) is 4.79 Å². The highest BCUT2D eigenvalue weighted by molar-refractivity contribution is 5.83. The summed E-state index contributed by atoms with van der Waals surface area (Å²) in [4.78, 5) is 22.9. The third kappa shape index (κ3) is 1.40. The molecule has 2 N–H and O–H groups in total. The first-order chi connectivity index (χ1) is 6.07. The molecule has 0 aromatic carbocycles. The minimum Gasteiger partial charge on any atom is -0.480 e. The van der Waals surface area contributed by atoms with Crippen LogP contribution in [0.2, 0.25) is 0 Å². The molecular weight excluding hydrogens is 162 g/mol. The molecule has 0 aliphatic carbocycles. The summed E-state index contributed by atoms with van der Waals surface area (Å²) in [5.41, 5.74) is 0. The summed E-state index contributed by atoms with van der Waals surface area (Å²) in [6, 6.07) is -1.00. The molecule has 1 amide bonds. The summed E-state index contributed by atoms with van der Waals surface area (Å²) < 4.78 is 6.65. The van der Waals surface area contributed by atoms with Gasteiger partial charge in [0.15, 0.2) is 6.04 Å². The lowest BCUT2D eigenvalue weighted by molar-refractivity contribution is -0.150. The number of aliphatic hydroxyl groups is 1. The van der Waals surface area contributed by atoms with Gasteiger partial charge in [-0.3, -0.25) is 4.79 Å². The van der Waals surface area contributed by atoms with E-state index in [1.54, 1.807) is 0 Å². The lowest BCUT2D eigenvalue weighted by Gasteiger charge is -2.20. The molecule has 1 heterocycles. The first-order valence-corrected chi connectivity index (χ1v) is 3.70. The minimum absolute atomic E-state index is 0.299. The zero-order valence-electron chi connectivity index (χ0n) is 7.69. The topological polar surface area (TPSA) is 77.8 Å². The number of aliphatic carboxylic acids is 1.